The summed E-state index contributed by atoms with van der Waals surface area (Å²) in [7, 11) is 0. The molecule has 0 amide bonds. The van der Waals surface area contributed by atoms with Crippen molar-refractivity contribution < 1.29 is 14.3 Å². The molecule has 0 fully saturated rings. The number of carbonyl (C=O) groups excluding carboxylic acids is 1. The summed E-state index contributed by atoms with van der Waals surface area (Å²) in [5.41, 5.74) is 1.13. The molecule has 0 saturated carbocycles. The molecule has 1 aliphatic rings. The third-order valence-electron chi connectivity index (χ3n) is 3.18. The maximum atomic E-state index is 11.7. The van der Waals surface area contributed by atoms with Gasteiger partial charge in [0.1, 0.15) is 11.9 Å². The topological polar surface area (TPSA) is 35.5 Å². The molecule has 102 valence electrons. The van der Waals surface area contributed by atoms with Gasteiger partial charge in [-0.15, -0.1) is 0 Å². The molecule has 1 aromatic carbocycles. The van der Waals surface area contributed by atoms with Crippen LogP contribution >= 0.6 is 0 Å². The molecule has 1 unspecified atom stereocenters. The maximum absolute atomic E-state index is 11.7. The predicted octanol–water partition coefficient (Wildman–Crippen LogP) is 4.40. The van der Waals surface area contributed by atoms with Gasteiger partial charge in [-0.2, -0.15) is 0 Å². The average Bonchev–Trinajstić information content (AvgIpc) is 2.35. The number of aryl methyl sites for hydroxylation is 1. The molecule has 0 bridgehead atoms. The van der Waals surface area contributed by atoms with E-state index < -0.39 is 6.16 Å². The minimum atomic E-state index is -0.626. The first kappa shape index (κ1) is 13.7. The van der Waals surface area contributed by atoms with Gasteiger partial charge in [-0.05, 0) is 50.8 Å². The molecule has 1 aromatic rings. The number of hydrogen-bond acceptors (Lipinski definition) is 3. The quantitative estimate of drug-likeness (QED) is 0.449. The highest BCUT2D eigenvalue weighted by molar-refractivity contribution is 5.64. The third-order valence-corrected chi connectivity index (χ3v) is 3.18. The van der Waals surface area contributed by atoms with Crippen molar-refractivity contribution in [3.05, 3.63) is 42.0 Å². The summed E-state index contributed by atoms with van der Waals surface area (Å²) in [4.78, 5) is 11.7. The number of benzene rings is 1. The molecular weight excluding hydrogens is 240 g/mol. The van der Waals surface area contributed by atoms with Crippen molar-refractivity contribution in [1.82, 2.24) is 0 Å². The predicted molar refractivity (Wildman–Crippen MR) is 74.3 cm³/mol. The Morgan fingerprint density at radius 2 is 1.95 bits per heavy atom. The molecule has 0 aliphatic heterocycles. The molecule has 0 radical (unpaired) electrons. The molecule has 3 nitrogen and oxygen atoms in total. The van der Waals surface area contributed by atoms with Crippen LogP contribution in [0.15, 0.2) is 36.4 Å². The van der Waals surface area contributed by atoms with Crippen LogP contribution in [0.1, 0.15) is 37.7 Å². The van der Waals surface area contributed by atoms with Gasteiger partial charge >= 0.3 is 6.16 Å². The first-order chi connectivity index (χ1) is 9.24. The monoisotopic (exact) mass is 260 g/mol. The van der Waals surface area contributed by atoms with Crippen LogP contribution in [-0.2, 0) is 4.74 Å². The second-order valence-corrected chi connectivity index (χ2v) is 4.89. The summed E-state index contributed by atoms with van der Waals surface area (Å²) in [6, 6.07) is 7.34. The Labute approximate surface area is 114 Å². The van der Waals surface area contributed by atoms with Crippen molar-refractivity contribution >= 4 is 6.16 Å². The molecule has 19 heavy (non-hydrogen) atoms. The van der Waals surface area contributed by atoms with E-state index in [0.717, 1.165) is 24.8 Å². The Kier molecular flexibility index (Phi) is 5.01. The fraction of sp³-hybridized carbons (Fsp3) is 0.438. The van der Waals surface area contributed by atoms with E-state index in [1.54, 1.807) is 12.1 Å². The fourth-order valence-electron chi connectivity index (χ4n) is 2.08. The minimum absolute atomic E-state index is 0.154. The molecule has 1 aliphatic carbocycles. The van der Waals surface area contributed by atoms with Gasteiger partial charge in [0.05, 0.1) is 0 Å². The van der Waals surface area contributed by atoms with E-state index in [1.165, 1.54) is 12.8 Å². The number of rotatable bonds is 2. The standard InChI is InChI=1S/C16H20O3/c1-13-9-11-15(12-10-13)19-16(17)18-14-7-5-3-2-4-6-8-14/h5,7,9-12,14H,2-4,6,8H2,1H3/b7-5+. The van der Waals surface area contributed by atoms with E-state index in [-0.39, 0.29) is 6.10 Å². The summed E-state index contributed by atoms with van der Waals surface area (Å²) in [5.74, 6) is 0.519. The van der Waals surface area contributed by atoms with Gasteiger partial charge in [-0.25, -0.2) is 4.79 Å². The molecule has 0 spiro atoms. The van der Waals surface area contributed by atoms with Gasteiger partial charge in [0.25, 0.3) is 0 Å². The van der Waals surface area contributed by atoms with Crippen molar-refractivity contribution in [1.29, 1.82) is 0 Å². The number of carbonyl (C=O) groups is 1. The minimum Gasteiger partial charge on any atom is -0.426 e. The van der Waals surface area contributed by atoms with Crippen LogP contribution in [0.3, 0.4) is 0 Å². The summed E-state index contributed by atoms with van der Waals surface area (Å²) in [6.07, 6.45) is 8.71. The van der Waals surface area contributed by atoms with Crippen LogP contribution in [0.5, 0.6) is 5.75 Å². The SMILES string of the molecule is Cc1ccc(OC(=O)OC2/C=C/CCCCC2)cc1. The van der Waals surface area contributed by atoms with Crippen molar-refractivity contribution in [2.45, 2.75) is 45.1 Å². The van der Waals surface area contributed by atoms with Gasteiger partial charge in [0.15, 0.2) is 0 Å². The molecular formula is C16H20O3. The number of allylic oxidation sites excluding steroid dienone is 1. The van der Waals surface area contributed by atoms with E-state index in [4.69, 9.17) is 9.47 Å². The van der Waals surface area contributed by atoms with Crippen LogP contribution in [0.25, 0.3) is 0 Å². The molecule has 2 rings (SSSR count). The molecule has 0 saturated heterocycles. The van der Waals surface area contributed by atoms with Gasteiger partial charge in [0.2, 0.25) is 0 Å². The summed E-state index contributed by atoms with van der Waals surface area (Å²) in [5, 5.41) is 0. The van der Waals surface area contributed by atoms with Crippen LogP contribution in [0.2, 0.25) is 0 Å². The lowest BCUT2D eigenvalue weighted by molar-refractivity contribution is 0.0716. The summed E-state index contributed by atoms with van der Waals surface area (Å²) >= 11 is 0. The van der Waals surface area contributed by atoms with E-state index in [2.05, 4.69) is 6.08 Å². The molecule has 3 heteroatoms. The number of hydrogen-bond donors (Lipinski definition) is 0. The highest BCUT2D eigenvalue weighted by atomic mass is 16.7. The van der Waals surface area contributed by atoms with Gasteiger partial charge in [0, 0.05) is 0 Å². The fourth-order valence-corrected chi connectivity index (χ4v) is 2.08. The molecule has 1 atom stereocenters. The van der Waals surface area contributed by atoms with Crippen molar-refractivity contribution in [2.24, 2.45) is 0 Å². The normalized spacial score (nSPS) is 21.0. The number of ether oxygens (including phenoxy) is 2. The Morgan fingerprint density at radius 1 is 1.16 bits per heavy atom. The largest absolute Gasteiger partial charge is 0.514 e. The Morgan fingerprint density at radius 3 is 2.74 bits per heavy atom. The lowest BCUT2D eigenvalue weighted by Gasteiger charge is -2.15. The average molecular weight is 260 g/mol. The van der Waals surface area contributed by atoms with Gasteiger partial charge in [-0.3, -0.25) is 0 Å². The van der Waals surface area contributed by atoms with E-state index >= 15 is 0 Å². The molecule has 0 aromatic heterocycles. The smallest absolute Gasteiger partial charge is 0.426 e. The molecule has 0 N–H and O–H groups in total. The Hall–Kier alpha value is -1.77. The second-order valence-electron chi connectivity index (χ2n) is 4.89. The second kappa shape index (κ2) is 6.98. The van der Waals surface area contributed by atoms with E-state index in [1.807, 2.05) is 25.1 Å². The first-order valence-corrected chi connectivity index (χ1v) is 6.86. The first-order valence-electron chi connectivity index (χ1n) is 6.86. The van der Waals surface area contributed by atoms with E-state index in [9.17, 15) is 4.79 Å². The molecule has 0 heterocycles. The zero-order chi connectivity index (χ0) is 13.5. The van der Waals surface area contributed by atoms with E-state index in [0.29, 0.717) is 5.75 Å². The van der Waals surface area contributed by atoms with Gasteiger partial charge < -0.3 is 9.47 Å². The van der Waals surface area contributed by atoms with Crippen LogP contribution in [0.4, 0.5) is 4.79 Å². The lowest BCUT2D eigenvalue weighted by atomic mass is 10.0. The van der Waals surface area contributed by atoms with Crippen molar-refractivity contribution in [3.63, 3.8) is 0 Å². The van der Waals surface area contributed by atoms with Gasteiger partial charge in [-0.1, -0.05) is 30.2 Å². The zero-order valence-electron chi connectivity index (χ0n) is 11.3. The highest BCUT2D eigenvalue weighted by Gasteiger charge is 2.14. The van der Waals surface area contributed by atoms with Crippen LogP contribution in [-0.4, -0.2) is 12.3 Å². The maximum Gasteiger partial charge on any atom is 0.514 e. The zero-order valence-corrected chi connectivity index (χ0v) is 11.3. The van der Waals surface area contributed by atoms with Crippen molar-refractivity contribution in [2.75, 3.05) is 0 Å². The van der Waals surface area contributed by atoms with Crippen LogP contribution in [0, 0.1) is 6.92 Å². The summed E-state index contributed by atoms with van der Waals surface area (Å²) in [6.45, 7) is 1.99. The Bertz CT molecular complexity index is 434. The lowest BCUT2D eigenvalue weighted by Crippen LogP contribution is -2.19. The third kappa shape index (κ3) is 4.78. The Balaban J connectivity index is 1.86. The summed E-state index contributed by atoms with van der Waals surface area (Å²) < 4.78 is 10.5. The van der Waals surface area contributed by atoms with Crippen LogP contribution < -0.4 is 4.74 Å². The van der Waals surface area contributed by atoms with Crippen molar-refractivity contribution in [3.8, 4) is 5.75 Å². The highest BCUT2D eigenvalue weighted by Crippen LogP contribution is 2.16.